The lowest BCUT2D eigenvalue weighted by Gasteiger charge is -2.27. The number of rotatable bonds is 6. The molecule has 0 fully saturated rings. The number of likely N-dealkylation sites (N-methyl/N-ethyl adjacent to an activating group) is 1. The molecular weight excluding hydrogens is 219 g/mol. The zero-order valence-electron chi connectivity index (χ0n) is 10.9. The Kier molecular flexibility index (Phi) is 4.75. The van der Waals surface area contributed by atoms with Crippen LogP contribution >= 0.6 is 0 Å². The molecule has 0 bridgehead atoms. The first-order chi connectivity index (χ1) is 7.98. The summed E-state index contributed by atoms with van der Waals surface area (Å²) in [5, 5.41) is 6.36. The average molecular weight is 240 g/mol. The van der Waals surface area contributed by atoms with E-state index in [1.165, 1.54) is 6.07 Å². The number of halogens is 1. The maximum Gasteiger partial charge on any atom is 0.167 e. The summed E-state index contributed by atoms with van der Waals surface area (Å²) in [4.78, 5) is 0. The van der Waals surface area contributed by atoms with Gasteiger partial charge in [0, 0.05) is 23.8 Å². The molecule has 0 aliphatic rings. The third-order valence-corrected chi connectivity index (χ3v) is 2.33. The molecule has 1 aromatic carbocycles. The molecule has 0 radical (unpaired) electrons. The van der Waals surface area contributed by atoms with Crippen LogP contribution in [0.25, 0.3) is 0 Å². The quantitative estimate of drug-likeness (QED) is 0.802. The molecule has 0 saturated carbocycles. The summed E-state index contributed by atoms with van der Waals surface area (Å²) in [6.45, 7) is 7.20. The van der Waals surface area contributed by atoms with E-state index < -0.39 is 0 Å². The van der Waals surface area contributed by atoms with E-state index in [4.69, 9.17) is 4.74 Å². The second-order valence-corrected chi connectivity index (χ2v) is 4.62. The van der Waals surface area contributed by atoms with Crippen LogP contribution in [0.3, 0.4) is 0 Å². The van der Waals surface area contributed by atoms with Gasteiger partial charge in [0.25, 0.3) is 0 Å². The van der Waals surface area contributed by atoms with Gasteiger partial charge >= 0.3 is 0 Å². The van der Waals surface area contributed by atoms with Crippen LogP contribution in [0.4, 0.5) is 10.1 Å². The molecule has 0 spiro atoms. The number of anilines is 1. The molecule has 0 saturated heterocycles. The third-order valence-electron chi connectivity index (χ3n) is 2.33. The monoisotopic (exact) mass is 240 g/mol. The Bertz CT molecular complexity index is 366. The fraction of sp³-hybridized carbons (Fsp3) is 0.538. The molecule has 0 aliphatic heterocycles. The highest BCUT2D eigenvalue weighted by atomic mass is 19.1. The zero-order chi connectivity index (χ0) is 12.9. The van der Waals surface area contributed by atoms with Gasteiger partial charge in [-0.15, -0.1) is 0 Å². The number of nitrogens with one attached hydrogen (secondary N) is 2. The Morgan fingerprint density at radius 2 is 2.06 bits per heavy atom. The molecule has 0 aliphatic carbocycles. The van der Waals surface area contributed by atoms with Crippen LogP contribution in [0.5, 0.6) is 5.75 Å². The summed E-state index contributed by atoms with van der Waals surface area (Å²) in [6.07, 6.45) is 0. The van der Waals surface area contributed by atoms with Gasteiger partial charge in [0.05, 0.1) is 6.61 Å². The Labute approximate surface area is 102 Å². The molecule has 1 rings (SSSR count). The number of hydrogen-bond donors (Lipinski definition) is 2. The van der Waals surface area contributed by atoms with Gasteiger partial charge in [-0.05, 0) is 40.0 Å². The second-order valence-electron chi connectivity index (χ2n) is 4.62. The largest absolute Gasteiger partial charge is 0.491 e. The van der Waals surface area contributed by atoms with Crippen LogP contribution < -0.4 is 15.4 Å². The highest BCUT2D eigenvalue weighted by Gasteiger charge is 2.16. The third kappa shape index (κ3) is 4.23. The van der Waals surface area contributed by atoms with Crippen molar-refractivity contribution in [2.45, 2.75) is 26.3 Å². The fourth-order valence-corrected chi connectivity index (χ4v) is 1.73. The Balaban J connectivity index is 2.76. The van der Waals surface area contributed by atoms with Crippen molar-refractivity contribution in [2.24, 2.45) is 0 Å². The van der Waals surface area contributed by atoms with Gasteiger partial charge in [0.2, 0.25) is 0 Å². The second kappa shape index (κ2) is 5.87. The van der Waals surface area contributed by atoms with Crippen LogP contribution in [0.1, 0.15) is 20.8 Å². The zero-order valence-corrected chi connectivity index (χ0v) is 10.9. The summed E-state index contributed by atoms with van der Waals surface area (Å²) in [5.74, 6) is -0.0402. The molecular formula is C13H21FN2O. The lowest BCUT2D eigenvalue weighted by molar-refractivity contribution is 0.321. The van der Waals surface area contributed by atoms with Crippen LogP contribution in [0.2, 0.25) is 0 Å². The van der Waals surface area contributed by atoms with E-state index in [1.807, 2.05) is 20.0 Å². The average Bonchev–Trinajstić information content (AvgIpc) is 2.21. The first kappa shape index (κ1) is 13.8. The molecule has 3 nitrogen and oxygen atoms in total. The highest BCUT2D eigenvalue weighted by molar-refractivity contribution is 5.49. The Hall–Kier alpha value is -1.29. The Morgan fingerprint density at radius 3 is 2.59 bits per heavy atom. The topological polar surface area (TPSA) is 33.3 Å². The van der Waals surface area contributed by atoms with Crippen molar-refractivity contribution < 1.29 is 9.13 Å². The minimum absolute atomic E-state index is 0.131. The van der Waals surface area contributed by atoms with Gasteiger partial charge in [-0.1, -0.05) is 0 Å². The Morgan fingerprint density at radius 1 is 1.35 bits per heavy atom. The van der Waals surface area contributed by atoms with E-state index in [-0.39, 0.29) is 11.4 Å². The van der Waals surface area contributed by atoms with Crippen molar-refractivity contribution in [1.29, 1.82) is 0 Å². The normalized spacial score (nSPS) is 11.4. The van der Waals surface area contributed by atoms with Crippen LogP contribution in [-0.2, 0) is 0 Å². The number of hydrogen-bond acceptors (Lipinski definition) is 3. The maximum absolute atomic E-state index is 13.6. The van der Waals surface area contributed by atoms with E-state index in [2.05, 4.69) is 24.5 Å². The summed E-state index contributed by atoms with van der Waals surface area (Å²) in [6, 6.07) is 4.94. The minimum atomic E-state index is -0.336. The van der Waals surface area contributed by atoms with Crippen molar-refractivity contribution >= 4 is 5.69 Å². The van der Waals surface area contributed by atoms with Crippen molar-refractivity contribution in [1.82, 2.24) is 5.32 Å². The molecule has 17 heavy (non-hydrogen) atoms. The summed E-state index contributed by atoms with van der Waals surface area (Å²) in [5.41, 5.74) is 0.625. The minimum Gasteiger partial charge on any atom is -0.491 e. The van der Waals surface area contributed by atoms with Gasteiger partial charge in [-0.2, -0.15) is 0 Å². The molecule has 1 aromatic rings. The van der Waals surface area contributed by atoms with Crippen molar-refractivity contribution in [3.05, 3.63) is 24.0 Å². The van der Waals surface area contributed by atoms with Crippen molar-refractivity contribution in [3.8, 4) is 5.75 Å². The van der Waals surface area contributed by atoms with Gasteiger partial charge < -0.3 is 15.4 Å². The molecule has 2 N–H and O–H groups in total. The van der Waals surface area contributed by atoms with E-state index in [9.17, 15) is 4.39 Å². The lowest BCUT2D eigenvalue weighted by Crippen LogP contribution is -2.40. The number of benzene rings is 1. The highest BCUT2D eigenvalue weighted by Crippen LogP contribution is 2.23. The summed E-state index contributed by atoms with van der Waals surface area (Å²) in [7, 11) is 1.89. The predicted octanol–water partition coefficient (Wildman–Crippen LogP) is 2.63. The van der Waals surface area contributed by atoms with E-state index in [0.717, 1.165) is 12.2 Å². The smallest absolute Gasteiger partial charge is 0.167 e. The van der Waals surface area contributed by atoms with E-state index in [0.29, 0.717) is 12.4 Å². The van der Waals surface area contributed by atoms with Gasteiger partial charge in [-0.3, -0.25) is 0 Å². The molecule has 96 valence electrons. The molecule has 0 heterocycles. The fourth-order valence-electron chi connectivity index (χ4n) is 1.73. The maximum atomic E-state index is 13.6. The molecule has 0 unspecified atom stereocenters. The van der Waals surface area contributed by atoms with Crippen LogP contribution in [0.15, 0.2) is 18.2 Å². The first-order valence-corrected chi connectivity index (χ1v) is 5.83. The van der Waals surface area contributed by atoms with Crippen molar-refractivity contribution in [2.75, 3.05) is 25.5 Å². The summed E-state index contributed by atoms with van der Waals surface area (Å²) < 4.78 is 18.8. The first-order valence-electron chi connectivity index (χ1n) is 5.83. The van der Waals surface area contributed by atoms with Gasteiger partial charge in [0.15, 0.2) is 11.6 Å². The predicted molar refractivity (Wildman–Crippen MR) is 69.2 cm³/mol. The van der Waals surface area contributed by atoms with E-state index >= 15 is 0 Å². The number of ether oxygens (including phenoxy) is 1. The van der Waals surface area contributed by atoms with Crippen molar-refractivity contribution in [3.63, 3.8) is 0 Å². The molecule has 0 aromatic heterocycles. The molecule has 0 atom stereocenters. The SMILES string of the molecule is CCOc1ccc(NC(C)(C)CNC)cc1F. The van der Waals surface area contributed by atoms with Gasteiger partial charge in [0.1, 0.15) is 0 Å². The molecule has 0 amide bonds. The standard InChI is InChI=1S/C13H21FN2O/c1-5-17-12-7-6-10(8-11(12)14)16-13(2,3)9-15-4/h6-8,15-16H,5,9H2,1-4H3. The van der Waals surface area contributed by atoms with Crippen LogP contribution in [0, 0.1) is 5.82 Å². The van der Waals surface area contributed by atoms with E-state index in [1.54, 1.807) is 6.07 Å². The lowest BCUT2D eigenvalue weighted by atomic mass is 10.1. The molecule has 4 heteroatoms. The van der Waals surface area contributed by atoms with Crippen LogP contribution in [-0.4, -0.2) is 25.7 Å². The van der Waals surface area contributed by atoms with Gasteiger partial charge in [-0.25, -0.2) is 4.39 Å². The summed E-state index contributed by atoms with van der Waals surface area (Å²) >= 11 is 0.